The average Bonchev–Trinajstić information content (AvgIpc) is 2.68. The molecule has 0 unspecified atom stereocenters. The van der Waals surface area contributed by atoms with Gasteiger partial charge in [-0.05, 0) is 12.0 Å². The predicted octanol–water partition coefficient (Wildman–Crippen LogP) is 2.67. The number of aromatic nitrogens is 1. The number of carboxylic acids is 1. The second-order valence-corrected chi connectivity index (χ2v) is 5.65. The van der Waals surface area contributed by atoms with Gasteiger partial charge in [0.25, 0.3) is 5.91 Å². The lowest BCUT2D eigenvalue weighted by atomic mass is 10.0. The zero-order chi connectivity index (χ0) is 15.7. The number of rotatable bonds is 4. The first kappa shape index (κ1) is 15.4. The van der Waals surface area contributed by atoms with E-state index >= 15 is 0 Å². The fourth-order valence-electron chi connectivity index (χ4n) is 2.32. The summed E-state index contributed by atoms with van der Waals surface area (Å²) in [5, 5.41) is 12.8. The molecule has 1 aromatic heterocycles. The molecule has 0 bridgehead atoms. The van der Waals surface area contributed by atoms with Crippen LogP contribution in [0.3, 0.4) is 0 Å². The first-order chi connectivity index (χ1) is 9.84. The highest BCUT2D eigenvalue weighted by Gasteiger charge is 2.27. The molecule has 1 amide bonds. The van der Waals surface area contributed by atoms with E-state index in [1.54, 1.807) is 25.5 Å². The number of nitrogens with one attached hydrogen (secondary N) is 1. The minimum Gasteiger partial charge on any atom is -0.480 e. The quantitative estimate of drug-likeness (QED) is 0.912. The molecule has 0 radical (unpaired) electrons. The fourth-order valence-corrected chi connectivity index (χ4v) is 2.69. The van der Waals surface area contributed by atoms with Crippen LogP contribution in [0, 0.1) is 5.92 Å². The molecule has 1 atom stereocenters. The second-order valence-electron chi connectivity index (χ2n) is 5.27. The molecule has 2 rings (SSSR count). The van der Waals surface area contributed by atoms with Crippen molar-refractivity contribution >= 4 is 34.4 Å². The number of halogens is 1. The van der Waals surface area contributed by atoms with Crippen molar-refractivity contribution < 1.29 is 14.7 Å². The lowest BCUT2D eigenvalue weighted by molar-refractivity contribution is -0.140. The number of aliphatic carboxylic acids is 1. The summed E-state index contributed by atoms with van der Waals surface area (Å²) in [4.78, 5) is 23.6. The maximum atomic E-state index is 12.4. The number of carboxylic acid groups (broad SMARTS) is 1. The molecule has 0 fully saturated rings. The fraction of sp³-hybridized carbons (Fsp3) is 0.333. The zero-order valence-corrected chi connectivity index (χ0v) is 12.8. The molecule has 0 saturated carbocycles. The van der Waals surface area contributed by atoms with Crippen LogP contribution in [0.1, 0.15) is 24.3 Å². The summed E-state index contributed by atoms with van der Waals surface area (Å²) >= 11 is 6.27. The van der Waals surface area contributed by atoms with Crippen LogP contribution >= 0.6 is 11.6 Å². The third-order valence-electron chi connectivity index (χ3n) is 3.48. The minimum atomic E-state index is -1.06. The lowest BCUT2D eigenvalue weighted by Gasteiger charge is -2.18. The number of fused-ring (bicyclic) bond motifs is 1. The second kappa shape index (κ2) is 5.77. The summed E-state index contributed by atoms with van der Waals surface area (Å²) in [6.07, 6.45) is 0. The molecule has 5 nitrogen and oxygen atoms in total. The number of hydrogen-bond donors (Lipinski definition) is 2. The summed E-state index contributed by atoms with van der Waals surface area (Å²) in [5.74, 6) is -1.77. The Hall–Kier alpha value is -2.01. The molecule has 21 heavy (non-hydrogen) atoms. The number of carbonyl (C=O) groups excluding carboxylic acids is 1. The minimum absolute atomic E-state index is 0.222. The highest BCUT2D eigenvalue weighted by molar-refractivity contribution is 6.38. The Morgan fingerprint density at radius 2 is 1.90 bits per heavy atom. The topological polar surface area (TPSA) is 71.3 Å². The molecule has 0 aliphatic carbocycles. The number of nitrogens with zero attached hydrogens (tertiary/aromatic N) is 1. The van der Waals surface area contributed by atoms with E-state index in [9.17, 15) is 9.59 Å². The number of aryl methyl sites for hydroxylation is 1. The molecule has 2 aromatic rings. The summed E-state index contributed by atoms with van der Waals surface area (Å²) < 4.78 is 1.67. The van der Waals surface area contributed by atoms with Crippen LogP contribution in [0.4, 0.5) is 0 Å². The Balaban J connectivity index is 2.42. The van der Waals surface area contributed by atoms with E-state index in [0.717, 1.165) is 10.9 Å². The number of amides is 1. The van der Waals surface area contributed by atoms with Crippen LogP contribution < -0.4 is 5.32 Å². The van der Waals surface area contributed by atoms with Gasteiger partial charge in [0.2, 0.25) is 0 Å². The maximum Gasteiger partial charge on any atom is 0.326 e. The van der Waals surface area contributed by atoms with Crippen molar-refractivity contribution in [3.05, 3.63) is 35.0 Å². The van der Waals surface area contributed by atoms with Gasteiger partial charge in [0.1, 0.15) is 11.7 Å². The Bertz CT molecular complexity index is 667. The lowest BCUT2D eigenvalue weighted by Crippen LogP contribution is -2.44. The van der Waals surface area contributed by atoms with Crippen LogP contribution in [0.15, 0.2) is 24.3 Å². The zero-order valence-electron chi connectivity index (χ0n) is 12.1. The van der Waals surface area contributed by atoms with E-state index in [1.165, 1.54) is 0 Å². The normalized spacial score (nSPS) is 12.6. The molecule has 2 N–H and O–H groups in total. The van der Waals surface area contributed by atoms with E-state index in [-0.39, 0.29) is 11.6 Å². The van der Waals surface area contributed by atoms with Crippen molar-refractivity contribution in [1.29, 1.82) is 0 Å². The summed E-state index contributed by atoms with van der Waals surface area (Å²) in [6, 6.07) is 6.42. The molecular weight excluding hydrogens is 292 g/mol. The van der Waals surface area contributed by atoms with Gasteiger partial charge >= 0.3 is 5.97 Å². The number of carbonyl (C=O) groups is 2. The van der Waals surface area contributed by atoms with Gasteiger partial charge in [0.05, 0.1) is 5.02 Å². The van der Waals surface area contributed by atoms with Crippen LogP contribution in [0.5, 0.6) is 0 Å². The Labute approximate surface area is 127 Å². The van der Waals surface area contributed by atoms with Crippen LogP contribution in [0.25, 0.3) is 10.9 Å². The maximum absolute atomic E-state index is 12.4. The van der Waals surface area contributed by atoms with E-state index in [1.807, 2.05) is 24.3 Å². The Morgan fingerprint density at radius 3 is 2.43 bits per heavy atom. The molecule has 112 valence electrons. The van der Waals surface area contributed by atoms with E-state index in [0.29, 0.717) is 5.02 Å². The van der Waals surface area contributed by atoms with Gasteiger partial charge in [-0.25, -0.2) is 4.79 Å². The van der Waals surface area contributed by atoms with Gasteiger partial charge in [-0.1, -0.05) is 43.6 Å². The molecule has 1 aromatic carbocycles. The predicted molar refractivity (Wildman–Crippen MR) is 81.7 cm³/mol. The van der Waals surface area contributed by atoms with Crippen molar-refractivity contribution in [3.63, 3.8) is 0 Å². The van der Waals surface area contributed by atoms with Crippen molar-refractivity contribution in [2.75, 3.05) is 0 Å². The van der Waals surface area contributed by atoms with Gasteiger partial charge in [0, 0.05) is 18.0 Å². The van der Waals surface area contributed by atoms with Crippen LogP contribution in [-0.4, -0.2) is 27.6 Å². The Morgan fingerprint density at radius 1 is 1.29 bits per heavy atom. The first-order valence-electron chi connectivity index (χ1n) is 6.61. The van der Waals surface area contributed by atoms with Gasteiger partial charge in [0.15, 0.2) is 0 Å². The van der Waals surface area contributed by atoms with Gasteiger partial charge < -0.3 is 15.0 Å². The number of para-hydroxylation sites is 1. The third kappa shape index (κ3) is 2.74. The average molecular weight is 309 g/mol. The van der Waals surface area contributed by atoms with E-state index in [2.05, 4.69) is 5.32 Å². The van der Waals surface area contributed by atoms with Crippen LogP contribution in [-0.2, 0) is 11.8 Å². The molecule has 0 aliphatic rings. The van der Waals surface area contributed by atoms with Crippen LogP contribution in [0.2, 0.25) is 5.02 Å². The smallest absolute Gasteiger partial charge is 0.326 e. The summed E-state index contributed by atoms with van der Waals surface area (Å²) in [7, 11) is 1.73. The third-order valence-corrected chi connectivity index (χ3v) is 3.86. The molecule has 1 heterocycles. The standard InChI is InChI=1S/C15H17ClN2O3/c1-8(2)12(15(20)21)17-14(19)13-11(16)9-6-4-5-7-10(9)18(13)3/h4-8,12H,1-3H3,(H,17,19)(H,20,21)/t12-/m0/s1. The summed E-state index contributed by atoms with van der Waals surface area (Å²) in [5.41, 5.74) is 1.09. The van der Waals surface area contributed by atoms with Gasteiger partial charge in [-0.15, -0.1) is 0 Å². The van der Waals surface area contributed by atoms with Crippen molar-refractivity contribution in [2.24, 2.45) is 13.0 Å². The summed E-state index contributed by atoms with van der Waals surface area (Å²) in [6.45, 7) is 3.48. The highest BCUT2D eigenvalue weighted by Crippen LogP contribution is 2.29. The SMILES string of the molecule is CC(C)[C@H](NC(=O)c1c(Cl)c2ccccc2n1C)C(=O)O. The first-order valence-corrected chi connectivity index (χ1v) is 6.99. The number of benzene rings is 1. The van der Waals surface area contributed by atoms with Crippen molar-refractivity contribution in [1.82, 2.24) is 9.88 Å². The van der Waals surface area contributed by atoms with Gasteiger partial charge in [-0.3, -0.25) is 4.79 Å². The molecule has 0 spiro atoms. The van der Waals surface area contributed by atoms with E-state index in [4.69, 9.17) is 16.7 Å². The van der Waals surface area contributed by atoms with Crippen molar-refractivity contribution in [3.8, 4) is 0 Å². The van der Waals surface area contributed by atoms with Gasteiger partial charge in [-0.2, -0.15) is 0 Å². The highest BCUT2D eigenvalue weighted by atomic mass is 35.5. The molecule has 6 heteroatoms. The molecule has 0 aliphatic heterocycles. The van der Waals surface area contributed by atoms with Crippen molar-refractivity contribution in [2.45, 2.75) is 19.9 Å². The number of hydrogen-bond acceptors (Lipinski definition) is 2. The molecule has 0 saturated heterocycles. The molecular formula is C15H17ClN2O3. The Kier molecular flexibility index (Phi) is 4.23. The van der Waals surface area contributed by atoms with E-state index < -0.39 is 17.9 Å². The largest absolute Gasteiger partial charge is 0.480 e. The monoisotopic (exact) mass is 308 g/mol.